The largest absolute Gasteiger partial charge is 0.478 e. The molecule has 2 aliphatic heterocycles. The zero-order valence-electron chi connectivity index (χ0n) is 26.2. The standard InChI is InChI=1S/C35H27ClF2N6O6/c36-24-12-29(33(45)43-35(16-39)17-48-18-35)40-13-21(24)15-50-32-3-1-2-27(42-32)23-11-25(37)20(8-26(23)38)10-31-41-28-5-4-19(34(46)47)9-30(28)44(31)14-22-6-7-49-22/h1-5,8-9,11-13,22H,6-7,10,14-15,17-18H2,(H,43,45)(H,46,47)/t22-/m0/s1. The van der Waals surface area contributed by atoms with E-state index in [0.717, 1.165) is 18.6 Å². The van der Waals surface area contributed by atoms with Gasteiger partial charge in [0.25, 0.3) is 5.91 Å². The highest BCUT2D eigenvalue weighted by Gasteiger charge is 2.41. The normalized spacial score (nSPS) is 16.2. The minimum absolute atomic E-state index is 0.0123. The molecule has 0 saturated carbocycles. The lowest BCUT2D eigenvalue weighted by molar-refractivity contribution is -0.0589. The molecule has 2 aliphatic rings. The molecule has 2 fully saturated rings. The molecule has 0 spiro atoms. The van der Waals surface area contributed by atoms with E-state index in [1.54, 1.807) is 22.8 Å². The SMILES string of the molecule is N#CC1(NC(=O)c2cc(Cl)c(COc3cccc(-c4cc(F)c(Cc5nc6ccc(C(=O)O)cc6n5C[C@@H]5CCO5)cc4F)n3)cn2)COC1. The monoisotopic (exact) mass is 700 g/mol. The number of nitrogens with one attached hydrogen (secondary N) is 1. The second-order valence-corrected chi connectivity index (χ2v) is 12.4. The van der Waals surface area contributed by atoms with Gasteiger partial charge < -0.3 is 29.2 Å². The van der Waals surface area contributed by atoms with Crippen molar-refractivity contribution in [2.75, 3.05) is 19.8 Å². The summed E-state index contributed by atoms with van der Waals surface area (Å²) in [5.74, 6) is -2.49. The number of rotatable bonds is 11. The van der Waals surface area contributed by atoms with Crippen molar-refractivity contribution in [3.63, 3.8) is 0 Å². The number of nitrogens with zero attached hydrogens (tertiary/aromatic N) is 5. The van der Waals surface area contributed by atoms with E-state index in [-0.39, 0.29) is 71.3 Å². The number of imidazole rings is 1. The van der Waals surface area contributed by atoms with Crippen LogP contribution in [-0.4, -0.2) is 68.0 Å². The van der Waals surface area contributed by atoms with Gasteiger partial charge in [-0.1, -0.05) is 17.7 Å². The molecule has 2 aromatic carbocycles. The predicted molar refractivity (Wildman–Crippen MR) is 174 cm³/mol. The minimum Gasteiger partial charge on any atom is -0.478 e. The van der Waals surface area contributed by atoms with Crippen LogP contribution in [0.1, 0.15) is 44.2 Å². The molecule has 0 bridgehead atoms. The molecule has 15 heteroatoms. The average Bonchev–Trinajstić information content (AvgIpc) is 3.41. The minimum atomic E-state index is -1.09. The van der Waals surface area contributed by atoms with Crippen LogP contribution in [0.2, 0.25) is 5.02 Å². The highest BCUT2D eigenvalue weighted by molar-refractivity contribution is 6.31. The number of fused-ring (bicyclic) bond motifs is 1. The summed E-state index contributed by atoms with van der Waals surface area (Å²) in [5, 5.41) is 21.6. The summed E-state index contributed by atoms with van der Waals surface area (Å²) in [6.45, 7) is 1.10. The van der Waals surface area contributed by atoms with Crippen molar-refractivity contribution in [3.05, 3.63) is 106 Å². The number of carboxylic acid groups (broad SMARTS) is 1. The van der Waals surface area contributed by atoms with Gasteiger partial charge in [0.2, 0.25) is 5.88 Å². The van der Waals surface area contributed by atoms with Crippen LogP contribution < -0.4 is 10.1 Å². The maximum Gasteiger partial charge on any atom is 0.335 e. The molecule has 254 valence electrons. The Hall–Kier alpha value is -5.49. The second kappa shape index (κ2) is 13.4. The van der Waals surface area contributed by atoms with Crippen LogP contribution in [0.4, 0.5) is 8.78 Å². The summed E-state index contributed by atoms with van der Waals surface area (Å²) in [6, 6.07) is 14.8. The molecule has 0 unspecified atom stereocenters. The van der Waals surface area contributed by atoms with Crippen molar-refractivity contribution in [2.45, 2.75) is 37.6 Å². The van der Waals surface area contributed by atoms with Gasteiger partial charge in [-0.15, -0.1) is 0 Å². The number of pyridine rings is 2. The maximum absolute atomic E-state index is 15.6. The molecule has 5 heterocycles. The number of carboxylic acids is 1. The van der Waals surface area contributed by atoms with Gasteiger partial charge in [-0.3, -0.25) is 9.78 Å². The summed E-state index contributed by atoms with van der Waals surface area (Å²) >= 11 is 6.38. The van der Waals surface area contributed by atoms with Crippen molar-refractivity contribution in [3.8, 4) is 23.2 Å². The topological polar surface area (TPSA) is 161 Å². The van der Waals surface area contributed by atoms with Gasteiger partial charge in [-0.05, 0) is 54.4 Å². The number of halogens is 3. The van der Waals surface area contributed by atoms with Crippen LogP contribution in [0.5, 0.6) is 5.88 Å². The van der Waals surface area contributed by atoms with Gasteiger partial charge in [0.1, 0.15) is 29.8 Å². The number of amides is 1. The Morgan fingerprint density at radius 1 is 1.12 bits per heavy atom. The maximum atomic E-state index is 15.6. The van der Waals surface area contributed by atoms with E-state index in [1.165, 1.54) is 30.5 Å². The fourth-order valence-corrected chi connectivity index (χ4v) is 5.81. The Labute approximate surface area is 288 Å². The fraction of sp³-hybridized carbons (Fsp3) is 0.257. The number of ether oxygens (including phenoxy) is 3. The summed E-state index contributed by atoms with van der Waals surface area (Å²) < 4.78 is 49.4. The van der Waals surface area contributed by atoms with Crippen LogP contribution in [0, 0.1) is 23.0 Å². The first-order chi connectivity index (χ1) is 24.1. The number of benzene rings is 2. The van der Waals surface area contributed by atoms with Gasteiger partial charge in [-0.25, -0.2) is 23.5 Å². The zero-order valence-corrected chi connectivity index (χ0v) is 26.9. The van der Waals surface area contributed by atoms with E-state index < -0.39 is 29.0 Å². The molecule has 2 saturated heterocycles. The molecule has 1 atom stereocenters. The molecule has 5 aromatic rings. The smallest absolute Gasteiger partial charge is 0.335 e. The average molecular weight is 701 g/mol. The van der Waals surface area contributed by atoms with Crippen molar-refractivity contribution in [2.24, 2.45) is 0 Å². The molecule has 0 radical (unpaired) electrons. The third-order valence-corrected chi connectivity index (χ3v) is 8.89. The molecular weight excluding hydrogens is 674 g/mol. The first kappa shape index (κ1) is 33.0. The van der Waals surface area contributed by atoms with Crippen molar-refractivity contribution in [1.82, 2.24) is 24.8 Å². The Balaban J connectivity index is 1.07. The van der Waals surface area contributed by atoms with E-state index in [1.807, 2.05) is 6.07 Å². The fourth-order valence-electron chi connectivity index (χ4n) is 5.61. The van der Waals surface area contributed by atoms with E-state index in [4.69, 9.17) is 25.8 Å². The Morgan fingerprint density at radius 3 is 2.62 bits per heavy atom. The van der Waals surface area contributed by atoms with Crippen LogP contribution in [0.3, 0.4) is 0 Å². The highest BCUT2D eigenvalue weighted by Crippen LogP contribution is 2.29. The Morgan fingerprint density at radius 2 is 1.94 bits per heavy atom. The summed E-state index contributed by atoms with van der Waals surface area (Å²) in [5.41, 5.74) is 0.663. The zero-order chi connectivity index (χ0) is 35.0. The van der Waals surface area contributed by atoms with Gasteiger partial charge in [0, 0.05) is 36.4 Å². The van der Waals surface area contributed by atoms with E-state index in [9.17, 15) is 20.0 Å². The molecular formula is C35H27ClF2N6O6. The lowest BCUT2D eigenvalue weighted by Crippen LogP contribution is -2.61. The van der Waals surface area contributed by atoms with Crippen molar-refractivity contribution < 1.29 is 37.7 Å². The summed E-state index contributed by atoms with van der Waals surface area (Å²) in [6.07, 6.45) is 2.05. The molecule has 0 aliphatic carbocycles. The van der Waals surface area contributed by atoms with Gasteiger partial charge in [0.15, 0.2) is 5.54 Å². The second-order valence-electron chi connectivity index (χ2n) is 12.0. The number of carbonyl (C=O) groups excluding carboxylic acids is 1. The summed E-state index contributed by atoms with van der Waals surface area (Å²) in [4.78, 5) is 37.3. The number of carbonyl (C=O) groups is 2. The molecule has 2 N–H and O–H groups in total. The summed E-state index contributed by atoms with van der Waals surface area (Å²) in [7, 11) is 0. The number of aromatic nitrogens is 4. The van der Waals surface area contributed by atoms with E-state index >= 15 is 8.78 Å². The number of aromatic carboxylic acids is 1. The van der Waals surface area contributed by atoms with Crippen molar-refractivity contribution >= 4 is 34.5 Å². The lowest BCUT2D eigenvalue weighted by Gasteiger charge is -2.35. The molecule has 3 aromatic heterocycles. The lowest BCUT2D eigenvalue weighted by atomic mass is 9.99. The number of hydrogen-bond donors (Lipinski definition) is 2. The third-order valence-electron chi connectivity index (χ3n) is 8.54. The van der Waals surface area contributed by atoms with Gasteiger partial charge >= 0.3 is 5.97 Å². The quantitative estimate of drug-likeness (QED) is 0.190. The van der Waals surface area contributed by atoms with Crippen LogP contribution >= 0.6 is 11.6 Å². The van der Waals surface area contributed by atoms with Gasteiger partial charge in [-0.2, -0.15) is 5.26 Å². The molecule has 1 amide bonds. The first-order valence-corrected chi connectivity index (χ1v) is 15.9. The van der Waals surface area contributed by atoms with E-state index in [0.29, 0.717) is 35.6 Å². The van der Waals surface area contributed by atoms with Crippen LogP contribution in [0.15, 0.2) is 60.8 Å². The third kappa shape index (κ3) is 6.58. The van der Waals surface area contributed by atoms with Crippen molar-refractivity contribution in [1.29, 1.82) is 5.26 Å². The number of hydrogen-bond acceptors (Lipinski definition) is 9. The molecule has 12 nitrogen and oxygen atoms in total. The van der Waals surface area contributed by atoms with E-state index in [2.05, 4.69) is 20.3 Å². The predicted octanol–water partition coefficient (Wildman–Crippen LogP) is 5.10. The molecule has 7 rings (SSSR count). The Kier molecular flexibility index (Phi) is 8.87. The van der Waals surface area contributed by atoms with Gasteiger partial charge in [0.05, 0.1) is 59.2 Å². The van der Waals surface area contributed by atoms with Crippen LogP contribution in [-0.2, 0) is 29.0 Å². The number of nitriles is 1. The highest BCUT2D eigenvalue weighted by atomic mass is 35.5. The van der Waals surface area contributed by atoms with Crippen LogP contribution in [0.25, 0.3) is 22.3 Å². The Bertz CT molecular complexity index is 2200. The first-order valence-electron chi connectivity index (χ1n) is 15.5. The molecule has 50 heavy (non-hydrogen) atoms.